The molecule has 4 rings (SSSR count). The van der Waals surface area contributed by atoms with Crippen molar-refractivity contribution in [2.24, 2.45) is 0 Å². The first-order chi connectivity index (χ1) is 14.0. The number of carbonyl (C=O) groups is 3. The molecule has 0 bridgehead atoms. The van der Waals surface area contributed by atoms with Crippen LogP contribution < -0.4 is 5.32 Å². The Labute approximate surface area is 167 Å². The number of hydrogen-bond donors (Lipinski definition) is 1. The molecule has 2 aliphatic rings. The van der Waals surface area contributed by atoms with Crippen LogP contribution in [0.4, 0.5) is 5.82 Å². The number of hydrogen-bond acceptors (Lipinski definition) is 7. The van der Waals surface area contributed by atoms with Crippen molar-refractivity contribution >= 4 is 23.5 Å². The van der Waals surface area contributed by atoms with Crippen molar-refractivity contribution in [2.75, 3.05) is 25.5 Å². The van der Waals surface area contributed by atoms with E-state index in [0.29, 0.717) is 35.7 Å². The van der Waals surface area contributed by atoms with Gasteiger partial charge >= 0.3 is 0 Å². The van der Waals surface area contributed by atoms with E-state index in [1.165, 1.54) is 7.05 Å². The molecule has 0 atom stereocenters. The molecule has 29 heavy (non-hydrogen) atoms. The number of imide groups is 1. The predicted octanol–water partition coefficient (Wildman–Crippen LogP) is 1.13. The number of nitrogens with one attached hydrogen (secondary N) is 1. The van der Waals surface area contributed by atoms with E-state index in [4.69, 9.17) is 0 Å². The summed E-state index contributed by atoms with van der Waals surface area (Å²) in [6.45, 7) is 2.45. The smallest absolute Gasteiger partial charge is 0.277 e. The number of pyridine rings is 1. The fourth-order valence-electron chi connectivity index (χ4n) is 3.59. The van der Waals surface area contributed by atoms with Gasteiger partial charge in [0.2, 0.25) is 5.91 Å². The number of aryl methyl sites for hydroxylation is 1. The van der Waals surface area contributed by atoms with E-state index in [1.54, 1.807) is 23.2 Å². The molecule has 1 N–H and O–H groups in total. The molecular weight excluding hydrogens is 372 g/mol. The van der Waals surface area contributed by atoms with Crippen molar-refractivity contribution in [3.63, 3.8) is 0 Å². The van der Waals surface area contributed by atoms with E-state index in [9.17, 15) is 14.4 Å². The van der Waals surface area contributed by atoms with Gasteiger partial charge in [0.15, 0.2) is 5.82 Å². The van der Waals surface area contributed by atoms with Gasteiger partial charge in [-0.2, -0.15) is 0 Å². The van der Waals surface area contributed by atoms with Crippen LogP contribution in [0.2, 0.25) is 0 Å². The Morgan fingerprint density at radius 3 is 2.72 bits per heavy atom. The van der Waals surface area contributed by atoms with Crippen LogP contribution in [0.3, 0.4) is 0 Å². The van der Waals surface area contributed by atoms with Gasteiger partial charge in [0, 0.05) is 25.4 Å². The number of anilines is 1. The number of amides is 3. The molecule has 0 saturated heterocycles. The van der Waals surface area contributed by atoms with Gasteiger partial charge in [-0.3, -0.25) is 24.3 Å². The lowest BCUT2D eigenvalue weighted by Crippen LogP contribution is -2.38. The molecule has 2 aliphatic heterocycles. The van der Waals surface area contributed by atoms with Gasteiger partial charge in [-0.1, -0.05) is 6.07 Å². The van der Waals surface area contributed by atoms with Crippen molar-refractivity contribution in [1.82, 2.24) is 25.0 Å². The highest BCUT2D eigenvalue weighted by atomic mass is 16.2. The van der Waals surface area contributed by atoms with E-state index in [-0.39, 0.29) is 24.3 Å². The summed E-state index contributed by atoms with van der Waals surface area (Å²) in [4.78, 5) is 44.0. The quantitative estimate of drug-likeness (QED) is 0.777. The molecule has 0 unspecified atom stereocenters. The molecule has 2 aromatic rings. The second-order valence-electron chi connectivity index (χ2n) is 7.04. The SMILES string of the molecule is Cc1cccnc1-c1ccc(NC(=O)CN2CCCC3=C2C(=O)N(C)C3=O)nn1. The maximum atomic E-state index is 12.5. The summed E-state index contributed by atoms with van der Waals surface area (Å²) in [5, 5.41) is 10.9. The Balaban J connectivity index is 1.44. The molecular formula is C20H20N6O3. The molecule has 2 aromatic heterocycles. The van der Waals surface area contributed by atoms with Gasteiger partial charge in [0.25, 0.3) is 11.8 Å². The minimum absolute atomic E-state index is 0.0333. The first kappa shape index (κ1) is 18.7. The monoisotopic (exact) mass is 392 g/mol. The zero-order valence-corrected chi connectivity index (χ0v) is 16.2. The van der Waals surface area contributed by atoms with Crippen molar-refractivity contribution in [3.8, 4) is 11.4 Å². The van der Waals surface area contributed by atoms with Crippen LogP contribution in [-0.4, -0.2) is 62.8 Å². The van der Waals surface area contributed by atoms with Crippen molar-refractivity contribution in [3.05, 3.63) is 47.3 Å². The third-order valence-electron chi connectivity index (χ3n) is 5.05. The Kier molecular flexibility index (Phi) is 4.79. The first-order valence-electron chi connectivity index (χ1n) is 9.32. The van der Waals surface area contributed by atoms with Gasteiger partial charge in [-0.25, -0.2) is 0 Å². The lowest BCUT2D eigenvalue weighted by Gasteiger charge is -2.28. The van der Waals surface area contributed by atoms with Crippen LogP contribution in [0.1, 0.15) is 18.4 Å². The fraction of sp³-hybridized carbons (Fsp3) is 0.300. The van der Waals surface area contributed by atoms with Gasteiger partial charge < -0.3 is 10.2 Å². The van der Waals surface area contributed by atoms with Gasteiger partial charge in [-0.15, -0.1) is 10.2 Å². The standard InChI is InChI=1S/C20H20N6O3/c1-12-5-3-9-21-17(12)14-7-8-15(24-23-14)22-16(27)11-26-10-4-6-13-18(26)20(29)25(2)19(13)28/h3,5,7-9H,4,6,10-11H2,1-2H3,(H,22,24,27). The van der Waals surface area contributed by atoms with Gasteiger partial charge in [0.1, 0.15) is 11.4 Å². The highest BCUT2D eigenvalue weighted by molar-refractivity contribution is 6.19. The molecule has 9 heteroatoms. The number of rotatable bonds is 4. The predicted molar refractivity (Wildman–Crippen MR) is 104 cm³/mol. The Morgan fingerprint density at radius 1 is 1.17 bits per heavy atom. The van der Waals surface area contributed by atoms with E-state index >= 15 is 0 Å². The highest BCUT2D eigenvalue weighted by Gasteiger charge is 2.40. The largest absolute Gasteiger partial charge is 0.357 e. The van der Waals surface area contributed by atoms with E-state index in [1.807, 2.05) is 19.1 Å². The molecule has 0 saturated carbocycles. The number of nitrogens with zero attached hydrogens (tertiary/aromatic N) is 5. The summed E-state index contributed by atoms with van der Waals surface area (Å²) in [5.74, 6) is -0.650. The summed E-state index contributed by atoms with van der Waals surface area (Å²) < 4.78 is 0. The van der Waals surface area contributed by atoms with E-state index < -0.39 is 0 Å². The summed E-state index contributed by atoms with van der Waals surface area (Å²) in [7, 11) is 1.46. The molecule has 148 valence electrons. The van der Waals surface area contributed by atoms with Gasteiger partial charge in [-0.05, 0) is 43.5 Å². The van der Waals surface area contributed by atoms with Crippen molar-refractivity contribution in [1.29, 1.82) is 0 Å². The maximum absolute atomic E-state index is 12.5. The second kappa shape index (κ2) is 7.42. The second-order valence-corrected chi connectivity index (χ2v) is 7.04. The van der Waals surface area contributed by atoms with Crippen molar-refractivity contribution in [2.45, 2.75) is 19.8 Å². The average Bonchev–Trinajstić information content (AvgIpc) is 2.94. The van der Waals surface area contributed by atoms with Crippen molar-refractivity contribution < 1.29 is 14.4 Å². The summed E-state index contributed by atoms with van der Waals surface area (Å²) in [6, 6.07) is 7.19. The third kappa shape index (κ3) is 3.46. The van der Waals surface area contributed by atoms with Crippen LogP contribution in [0.25, 0.3) is 11.4 Å². The molecule has 0 radical (unpaired) electrons. The Hall–Kier alpha value is -3.62. The third-order valence-corrected chi connectivity index (χ3v) is 5.05. The van der Waals surface area contributed by atoms with Crippen LogP contribution in [0.15, 0.2) is 41.7 Å². The zero-order valence-electron chi connectivity index (χ0n) is 16.2. The van der Waals surface area contributed by atoms with Gasteiger partial charge in [0.05, 0.1) is 12.2 Å². The lowest BCUT2D eigenvalue weighted by atomic mass is 10.0. The highest BCUT2D eigenvalue weighted by Crippen LogP contribution is 2.30. The molecule has 0 spiro atoms. The lowest BCUT2D eigenvalue weighted by molar-refractivity contribution is -0.136. The summed E-state index contributed by atoms with van der Waals surface area (Å²) in [6.07, 6.45) is 2.97. The molecule has 0 aromatic carbocycles. The van der Waals surface area contributed by atoms with E-state index in [2.05, 4.69) is 20.5 Å². The number of carbonyl (C=O) groups excluding carboxylic acids is 3. The molecule has 4 heterocycles. The van der Waals surface area contributed by atoms with E-state index in [0.717, 1.165) is 22.6 Å². The Bertz CT molecular complexity index is 1030. The number of likely N-dealkylation sites (N-methyl/N-ethyl adjacent to an activating group) is 1. The average molecular weight is 392 g/mol. The van der Waals surface area contributed by atoms with Crippen LogP contribution >= 0.6 is 0 Å². The molecule has 9 nitrogen and oxygen atoms in total. The minimum Gasteiger partial charge on any atom is -0.357 e. The molecule has 0 aliphatic carbocycles. The Morgan fingerprint density at radius 2 is 2.00 bits per heavy atom. The zero-order chi connectivity index (χ0) is 20.5. The topological polar surface area (TPSA) is 108 Å². The first-order valence-corrected chi connectivity index (χ1v) is 9.32. The van der Waals surface area contributed by atoms with Crippen LogP contribution in [-0.2, 0) is 14.4 Å². The number of aromatic nitrogens is 3. The molecule has 0 fully saturated rings. The molecule has 3 amide bonds. The maximum Gasteiger partial charge on any atom is 0.277 e. The summed E-state index contributed by atoms with van der Waals surface area (Å²) in [5.41, 5.74) is 3.16. The minimum atomic E-state index is -0.354. The summed E-state index contributed by atoms with van der Waals surface area (Å²) >= 11 is 0. The fourth-order valence-corrected chi connectivity index (χ4v) is 3.59. The van der Waals surface area contributed by atoms with Crippen LogP contribution in [0, 0.1) is 6.92 Å². The van der Waals surface area contributed by atoms with Crippen LogP contribution in [0.5, 0.6) is 0 Å². The normalized spacial score (nSPS) is 16.3.